The van der Waals surface area contributed by atoms with E-state index in [1.54, 1.807) is 13.3 Å². The van der Waals surface area contributed by atoms with E-state index in [-0.39, 0.29) is 0 Å². The van der Waals surface area contributed by atoms with Crippen LogP contribution in [0.2, 0.25) is 0 Å². The lowest BCUT2D eigenvalue weighted by Crippen LogP contribution is -2.15. The Bertz CT molecular complexity index is 1620. The number of hydrogen-bond acceptors (Lipinski definition) is 4. The number of aromatic amines is 1. The molecule has 0 unspecified atom stereocenters. The lowest BCUT2D eigenvalue weighted by molar-refractivity contribution is 0.299. The predicted molar refractivity (Wildman–Crippen MR) is 162 cm³/mol. The highest BCUT2D eigenvalue weighted by Crippen LogP contribution is 2.31. The number of pyridine rings is 1. The first-order chi connectivity index (χ1) is 19.7. The fraction of sp³-hybridized carbons (Fsp3) is 0.235. The highest BCUT2D eigenvalue weighted by Gasteiger charge is 2.19. The van der Waals surface area contributed by atoms with Crippen molar-refractivity contribution >= 4 is 35.2 Å². The van der Waals surface area contributed by atoms with Crippen molar-refractivity contribution in [3.05, 3.63) is 107 Å². The molecule has 3 aromatic heterocycles. The Kier molecular flexibility index (Phi) is 7.75. The standard InChI is InChI=1S/C34H34N4O2/c1-39-34-23-32(40-24-29-7-5-6-19-35-29)17-14-27(34)13-16-31-22-28(37-38(31)30-8-3-2-4-9-30)15-11-25-10-12-26-18-20-36-33(26)21-25/h5-7,10-23,30,36H,2-4,8-9,24H2,1H3/b15-11+,16-13+. The maximum absolute atomic E-state index is 5.95. The third-order valence-corrected chi connectivity index (χ3v) is 7.48. The summed E-state index contributed by atoms with van der Waals surface area (Å²) in [5.41, 5.74) is 6.22. The van der Waals surface area contributed by atoms with E-state index in [1.807, 2.05) is 42.6 Å². The van der Waals surface area contributed by atoms with Gasteiger partial charge in [-0.2, -0.15) is 5.10 Å². The van der Waals surface area contributed by atoms with E-state index < -0.39 is 0 Å². The first-order valence-electron chi connectivity index (χ1n) is 14.0. The smallest absolute Gasteiger partial charge is 0.130 e. The highest BCUT2D eigenvalue weighted by atomic mass is 16.5. The van der Waals surface area contributed by atoms with Crippen LogP contribution >= 0.6 is 0 Å². The fourth-order valence-electron chi connectivity index (χ4n) is 5.34. The summed E-state index contributed by atoms with van der Waals surface area (Å²) in [6, 6.07) is 22.9. The second kappa shape index (κ2) is 12.1. The zero-order valence-corrected chi connectivity index (χ0v) is 22.8. The SMILES string of the molecule is COc1cc(OCc2ccccn2)ccc1/C=C/c1cc(/C=C/c2ccc3cc[nH]c3c2)nn1C1CCCCC1. The number of benzene rings is 2. The number of aromatic nitrogens is 4. The van der Waals surface area contributed by atoms with Crippen molar-refractivity contribution < 1.29 is 9.47 Å². The number of H-pyrrole nitrogens is 1. The summed E-state index contributed by atoms with van der Waals surface area (Å²) < 4.78 is 13.9. The van der Waals surface area contributed by atoms with Gasteiger partial charge in [-0.1, -0.05) is 43.5 Å². The van der Waals surface area contributed by atoms with Gasteiger partial charge in [-0.15, -0.1) is 0 Å². The van der Waals surface area contributed by atoms with Crippen molar-refractivity contribution in [2.75, 3.05) is 7.11 Å². The van der Waals surface area contributed by atoms with Crippen LogP contribution in [-0.4, -0.2) is 26.9 Å². The van der Waals surface area contributed by atoms with Gasteiger partial charge < -0.3 is 14.5 Å². The molecule has 0 radical (unpaired) electrons. The zero-order valence-electron chi connectivity index (χ0n) is 22.8. The van der Waals surface area contributed by atoms with Gasteiger partial charge in [-0.25, -0.2) is 0 Å². The molecule has 5 aromatic rings. The van der Waals surface area contributed by atoms with Crippen LogP contribution < -0.4 is 9.47 Å². The Morgan fingerprint density at radius 2 is 1.85 bits per heavy atom. The summed E-state index contributed by atoms with van der Waals surface area (Å²) in [6.45, 7) is 0.412. The number of rotatable bonds is 9. The number of fused-ring (bicyclic) bond motifs is 1. The molecular formula is C34H34N4O2. The van der Waals surface area contributed by atoms with Crippen molar-refractivity contribution in [2.45, 2.75) is 44.8 Å². The second-order valence-electron chi connectivity index (χ2n) is 10.2. The molecule has 6 heteroatoms. The van der Waals surface area contributed by atoms with E-state index in [4.69, 9.17) is 14.6 Å². The molecule has 3 heterocycles. The molecule has 0 saturated heterocycles. The minimum Gasteiger partial charge on any atom is -0.496 e. The normalized spacial score (nSPS) is 14.4. The number of nitrogens with one attached hydrogen (secondary N) is 1. The molecule has 40 heavy (non-hydrogen) atoms. The van der Waals surface area contributed by atoms with E-state index >= 15 is 0 Å². The van der Waals surface area contributed by atoms with E-state index in [0.717, 1.165) is 45.2 Å². The van der Waals surface area contributed by atoms with Crippen LogP contribution in [0.3, 0.4) is 0 Å². The van der Waals surface area contributed by atoms with Gasteiger partial charge in [0.15, 0.2) is 0 Å². The Hall–Kier alpha value is -4.58. The van der Waals surface area contributed by atoms with Gasteiger partial charge in [0.25, 0.3) is 0 Å². The average molecular weight is 531 g/mol. The largest absolute Gasteiger partial charge is 0.496 e. The Morgan fingerprint density at radius 1 is 0.925 bits per heavy atom. The van der Waals surface area contributed by atoms with Crippen LogP contribution in [0.5, 0.6) is 11.5 Å². The third-order valence-electron chi connectivity index (χ3n) is 7.48. The van der Waals surface area contributed by atoms with Crippen molar-refractivity contribution in [1.82, 2.24) is 19.7 Å². The molecule has 1 aliphatic rings. The average Bonchev–Trinajstić information content (AvgIpc) is 3.66. The van der Waals surface area contributed by atoms with Gasteiger partial charge in [0, 0.05) is 29.5 Å². The predicted octanol–water partition coefficient (Wildman–Crippen LogP) is 8.19. The third kappa shape index (κ3) is 6.01. The molecule has 6 rings (SSSR count). The van der Waals surface area contributed by atoms with E-state index in [1.165, 1.54) is 37.5 Å². The van der Waals surface area contributed by atoms with Crippen LogP contribution in [-0.2, 0) is 6.61 Å². The summed E-state index contributed by atoms with van der Waals surface area (Å²) in [4.78, 5) is 7.61. The first kappa shape index (κ1) is 25.7. The summed E-state index contributed by atoms with van der Waals surface area (Å²) in [7, 11) is 1.69. The fourth-order valence-corrected chi connectivity index (χ4v) is 5.34. The molecule has 202 valence electrons. The number of methoxy groups -OCH3 is 1. The van der Waals surface area contributed by atoms with Gasteiger partial charge in [0.05, 0.1) is 30.2 Å². The van der Waals surface area contributed by atoms with E-state index in [9.17, 15) is 0 Å². The van der Waals surface area contributed by atoms with E-state index in [0.29, 0.717) is 12.6 Å². The van der Waals surface area contributed by atoms with Crippen LogP contribution in [0.15, 0.2) is 79.1 Å². The molecule has 1 N–H and O–H groups in total. The van der Waals surface area contributed by atoms with Crippen molar-refractivity contribution in [3.8, 4) is 11.5 Å². The summed E-state index contributed by atoms with van der Waals surface area (Å²) in [5.74, 6) is 1.51. The minimum absolute atomic E-state index is 0.412. The molecule has 0 spiro atoms. The van der Waals surface area contributed by atoms with Crippen LogP contribution in [0.1, 0.15) is 66.4 Å². The molecule has 1 fully saturated rings. The monoisotopic (exact) mass is 530 g/mol. The Labute approximate surface area is 235 Å². The molecule has 0 amide bonds. The van der Waals surface area contributed by atoms with Gasteiger partial charge in [0.1, 0.15) is 18.1 Å². The van der Waals surface area contributed by atoms with Gasteiger partial charge in [-0.05, 0) is 84.5 Å². The highest BCUT2D eigenvalue weighted by molar-refractivity contribution is 5.83. The van der Waals surface area contributed by atoms with Crippen molar-refractivity contribution in [2.24, 2.45) is 0 Å². The summed E-state index contributed by atoms with van der Waals surface area (Å²) >= 11 is 0. The molecule has 0 bridgehead atoms. The second-order valence-corrected chi connectivity index (χ2v) is 10.2. The molecule has 1 saturated carbocycles. The number of nitrogens with zero attached hydrogens (tertiary/aromatic N) is 3. The van der Waals surface area contributed by atoms with Crippen molar-refractivity contribution in [3.63, 3.8) is 0 Å². The van der Waals surface area contributed by atoms with E-state index in [2.05, 4.69) is 69.3 Å². The topological polar surface area (TPSA) is 65.0 Å². The van der Waals surface area contributed by atoms with Gasteiger partial charge in [0.2, 0.25) is 0 Å². The Morgan fingerprint density at radius 3 is 2.70 bits per heavy atom. The minimum atomic E-state index is 0.412. The lowest BCUT2D eigenvalue weighted by atomic mass is 9.95. The summed E-state index contributed by atoms with van der Waals surface area (Å²) in [5, 5.41) is 6.25. The van der Waals surface area contributed by atoms with Crippen LogP contribution in [0, 0.1) is 0 Å². The Balaban J connectivity index is 1.23. The molecule has 0 aliphatic heterocycles. The number of hydrogen-bond donors (Lipinski definition) is 1. The molecular weight excluding hydrogens is 496 g/mol. The van der Waals surface area contributed by atoms with Gasteiger partial charge >= 0.3 is 0 Å². The quantitative estimate of drug-likeness (QED) is 0.209. The van der Waals surface area contributed by atoms with Crippen molar-refractivity contribution in [1.29, 1.82) is 0 Å². The maximum Gasteiger partial charge on any atom is 0.130 e. The zero-order chi connectivity index (χ0) is 27.1. The molecule has 1 aliphatic carbocycles. The van der Waals surface area contributed by atoms with Gasteiger partial charge in [-0.3, -0.25) is 9.67 Å². The van der Waals surface area contributed by atoms with Crippen LogP contribution in [0.4, 0.5) is 0 Å². The van der Waals surface area contributed by atoms with Crippen LogP contribution in [0.25, 0.3) is 35.2 Å². The summed E-state index contributed by atoms with van der Waals surface area (Å²) in [6.07, 6.45) is 18.4. The lowest BCUT2D eigenvalue weighted by Gasteiger charge is -2.23. The number of ether oxygens (including phenoxy) is 2. The molecule has 6 nitrogen and oxygen atoms in total. The molecule has 0 atom stereocenters. The molecule has 2 aromatic carbocycles. The maximum atomic E-state index is 5.95. The first-order valence-corrected chi connectivity index (χ1v) is 14.0.